The molecule has 0 aliphatic rings. The summed E-state index contributed by atoms with van der Waals surface area (Å²) >= 11 is 0. The number of nitrogens with two attached hydrogens (primary N) is 1. The Morgan fingerprint density at radius 2 is 1.92 bits per heavy atom. The third-order valence-electron chi connectivity index (χ3n) is 3.52. The van der Waals surface area contributed by atoms with Crippen molar-refractivity contribution in [3.05, 3.63) is 35.6 Å². The Morgan fingerprint density at radius 1 is 1.24 bits per heavy atom. The molecule has 2 rings (SSSR count). The zero-order valence-electron chi connectivity index (χ0n) is 14.2. The Hall–Kier alpha value is -2.87. The zero-order valence-corrected chi connectivity index (χ0v) is 14.2. The van der Waals surface area contributed by atoms with Gasteiger partial charge in [-0.1, -0.05) is 32.0 Å². The molecule has 1 aromatic heterocycles. The molecule has 1 atom stereocenters. The quantitative estimate of drug-likeness (QED) is 0.770. The minimum atomic E-state index is -1.19. The van der Waals surface area contributed by atoms with E-state index in [1.165, 1.54) is 7.11 Å². The largest absolute Gasteiger partial charge is 0.449 e. The second-order valence-corrected chi connectivity index (χ2v) is 5.76. The third kappa shape index (κ3) is 4.16. The number of fused-ring (bicyclic) bond motifs is 1. The number of hydrogen-bond acceptors (Lipinski definition) is 6. The molecule has 134 valence electrons. The average molecular weight is 348 g/mol. The summed E-state index contributed by atoms with van der Waals surface area (Å²) in [5.41, 5.74) is 5.97. The Kier molecular flexibility index (Phi) is 5.76. The van der Waals surface area contributed by atoms with Crippen molar-refractivity contribution in [2.45, 2.75) is 26.6 Å². The van der Waals surface area contributed by atoms with Crippen LogP contribution >= 0.6 is 0 Å². The van der Waals surface area contributed by atoms with Crippen molar-refractivity contribution in [2.24, 2.45) is 11.7 Å². The number of para-hydroxylation sites is 1. The molecule has 1 aromatic carbocycles. The number of methoxy groups -OCH3 is 1. The molecule has 1 heterocycles. The lowest BCUT2D eigenvalue weighted by atomic mass is 10.1. The summed E-state index contributed by atoms with van der Waals surface area (Å²) in [6, 6.07) is 6.07. The van der Waals surface area contributed by atoms with Crippen LogP contribution in [0.3, 0.4) is 0 Å². The lowest BCUT2D eigenvalue weighted by molar-refractivity contribution is -0.131. The van der Waals surface area contributed by atoms with Gasteiger partial charge in [0.1, 0.15) is 5.58 Å². The lowest BCUT2D eigenvalue weighted by Gasteiger charge is -2.19. The number of urea groups is 1. The molecule has 0 saturated carbocycles. The van der Waals surface area contributed by atoms with E-state index in [9.17, 15) is 14.4 Å². The highest BCUT2D eigenvalue weighted by molar-refractivity contribution is 6.00. The molecule has 0 unspecified atom stereocenters. The first-order valence-electron chi connectivity index (χ1n) is 7.65. The Balaban J connectivity index is 2.32. The van der Waals surface area contributed by atoms with E-state index in [2.05, 4.69) is 0 Å². The van der Waals surface area contributed by atoms with E-state index < -0.39 is 24.0 Å². The molecule has 0 aliphatic heterocycles. The third-order valence-corrected chi connectivity index (χ3v) is 3.52. The number of furan rings is 1. The molecule has 0 radical (unpaired) electrons. The molecule has 0 bridgehead atoms. The van der Waals surface area contributed by atoms with Crippen LogP contribution in [0.5, 0.6) is 0 Å². The standard InChI is InChI=1S/C17H20N2O6/c1-9(2)13(15(20)19-17(18)22)25-16(21)14-11(8-23-3)10-6-4-5-7-12(10)24-14/h4-7,9,13H,8H2,1-3H3,(H3,18,19,20,22)/t13-/m0/s1. The molecule has 3 N–H and O–H groups in total. The van der Waals surface area contributed by atoms with Crippen molar-refractivity contribution < 1.29 is 28.3 Å². The minimum Gasteiger partial charge on any atom is -0.449 e. The molecular formula is C17H20N2O6. The van der Waals surface area contributed by atoms with Gasteiger partial charge in [0.25, 0.3) is 5.91 Å². The van der Waals surface area contributed by atoms with Crippen molar-refractivity contribution >= 4 is 28.9 Å². The first kappa shape index (κ1) is 18.5. The highest BCUT2D eigenvalue weighted by Gasteiger charge is 2.31. The summed E-state index contributed by atoms with van der Waals surface area (Å²) in [7, 11) is 1.49. The van der Waals surface area contributed by atoms with E-state index in [4.69, 9.17) is 19.6 Å². The predicted molar refractivity (Wildman–Crippen MR) is 88.7 cm³/mol. The Morgan fingerprint density at radius 3 is 2.52 bits per heavy atom. The first-order valence-corrected chi connectivity index (χ1v) is 7.65. The van der Waals surface area contributed by atoms with E-state index in [0.717, 1.165) is 5.39 Å². The monoisotopic (exact) mass is 348 g/mol. The van der Waals surface area contributed by atoms with Gasteiger partial charge in [-0.2, -0.15) is 0 Å². The molecule has 0 saturated heterocycles. The summed E-state index contributed by atoms with van der Waals surface area (Å²) in [5.74, 6) is -2.03. The van der Waals surface area contributed by atoms with E-state index in [-0.39, 0.29) is 18.3 Å². The number of hydrogen-bond donors (Lipinski definition) is 2. The maximum atomic E-state index is 12.5. The number of ether oxygens (including phenoxy) is 2. The molecule has 2 aromatic rings. The van der Waals surface area contributed by atoms with Crippen molar-refractivity contribution in [3.8, 4) is 0 Å². The number of nitrogens with one attached hydrogen (secondary N) is 1. The number of carbonyl (C=O) groups excluding carboxylic acids is 3. The van der Waals surface area contributed by atoms with Gasteiger partial charge in [-0.15, -0.1) is 0 Å². The fourth-order valence-electron chi connectivity index (χ4n) is 2.41. The van der Waals surface area contributed by atoms with Crippen LogP contribution in [0.25, 0.3) is 11.0 Å². The number of primary amides is 1. The van der Waals surface area contributed by atoms with Crippen LogP contribution in [0.2, 0.25) is 0 Å². The van der Waals surface area contributed by atoms with Gasteiger partial charge in [0.15, 0.2) is 6.10 Å². The topological polar surface area (TPSA) is 121 Å². The van der Waals surface area contributed by atoms with Gasteiger partial charge >= 0.3 is 12.0 Å². The van der Waals surface area contributed by atoms with Gasteiger partial charge in [-0.05, 0) is 12.0 Å². The van der Waals surface area contributed by atoms with E-state index in [0.29, 0.717) is 11.1 Å². The van der Waals surface area contributed by atoms with Crippen molar-refractivity contribution in [3.63, 3.8) is 0 Å². The van der Waals surface area contributed by atoms with Crippen LogP contribution in [0.1, 0.15) is 30.0 Å². The van der Waals surface area contributed by atoms with Gasteiger partial charge in [-0.3, -0.25) is 10.1 Å². The van der Waals surface area contributed by atoms with Gasteiger partial charge in [-0.25, -0.2) is 9.59 Å². The number of benzene rings is 1. The SMILES string of the molecule is COCc1c(C(=O)O[C@H](C(=O)NC(N)=O)C(C)C)oc2ccccc12. The van der Waals surface area contributed by atoms with E-state index in [1.54, 1.807) is 32.0 Å². The highest BCUT2D eigenvalue weighted by atomic mass is 16.6. The number of rotatable bonds is 6. The summed E-state index contributed by atoms with van der Waals surface area (Å²) in [6.07, 6.45) is -1.19. The molecule has 8 nitrogen and oxygen atoms in total. The fraction of sp³-hybridized carbons (Fsp3) is 0.353. The number of imide groups is 1. The van der Waals surface area contributed by atoms with Crippen molar-refractivity contribution in [1.82, 2.24) is 5.32 Å². The van der Waals surface area contributed by atoms with Gasteiger partial charge in [0.05, 0.1) is 6.61 Å². The van der Waals surface area contributed by atoms with Gasteiger partial charge in [0, 0.05) is 18.1 Å². The molecule has 0 fully saturated rings. The minimum absolute atomic E-state index is 0.0411. The number of esters is 1. The summed E-state index contributed by atoms with van der Waals surface area (Å²) in [6.45, 7) is 3.49. The molecule has 3 amide bonds. The predicted octanol–water partition coefficient (Wildman–Crippen LogP) is 1.96. The maximum absolute atomic E-state index is 12.5. The van der Waals surface area contributed by atoms with E-state index >= 15 is 0 Å². The normalized spacial score (nSPS) is 12.2. The molecule has 0 aliphatic carbocycles. The highest BCUT2D eigenvalue weighted by Crippen LogP contribution is 2.27. The molecule has 0 spiro atoms. The van der Waals surface area contributed by atoms with Crippen LogP contribution in [0, 0.1) is 5.92 Å². The smallest absolute Gasteiger partial charge is 0.375 e. The summed E-state index contributed by atoms with van der Waals surface area (Å²) in [5, 5.41) is 2.64. The van der Waals surface area contributed by atoms with Crippen LogP contribution < -0.4 is 11.1 Å². The van der Waals surface area contributed by atoms with Gasteiger partial charge < -0.3 is 19.6 Å². The van der Waals surface area contributed by atoms with E-state index in [1.807, 2.05) is 11.4 Å². The fourth-order valence-corrected chi connectivity index (χ4v) is 2.41. The molecule has 8 heteroatoms. The van der Waals surface area contributed by atoms with Crippen LogP contribution in [-0.4, -0.2) is 31.1 Å². The van der Waals surface area contributed by atoms with Crippen molar-refractivity contribution in [2.75, 3.05) is 7.11 Å². The maximum Gasteiger partial charge on any atom is 0.375 e. The molecular weight excluding hydrogens is 328 g/mol. The molecule has 25 heavy (non-hydrogen) atoms. The summed E-state index contributed by atoms with van der Waals surface area (Å²) in [4.78, 5) is 35.4. The Bertz CT molecular complexity index is 796. The van der Waals surface area contributed by atoms with Crippen LogP contribution in [0.4, 0.5) is 4.79 Å². The zero-order chi connectivity index (χ0) is 18.6. The lowest BCUT2D eigenvalue weighted by Crippen LogP contribution is -2.45. The summed E-state index contributed by atoms with van der Waals surface area (Å²) < 4.78 is 16.0. The average Bonchev–Trinajstić information content (AvgIpc) is 2.90. The number of amides is 3. The van der Waals surface area contributed by atoms with Gasteiger partial charge in [0.2, 0.25) is 5.76 Å². The van der Waals surface area contributed by atoms with Crippen LogP contribution in [0.15, 0.2) is 28.7 Å². The second kappa shape index (κ2) is 7.80. The Labute approximate surface area is 144 Å². The van der Waals surface area contributed by atoms with Crippen molar-refractivity contribution in [1.29, 1.82) is 0 Å². The second-order valence-electron chi connectivity index (χ2n) is 5.76. The first-order chi connectivity index (χ1) is 11.8. The van der Waals surface area contributed by atoms with Crippen LogP contribution in [-0.2, 0) is 20.9 Å². The number of carbonyl (C=O) groups is 3.